The normalized spacial score (nSPS) is 22.4. The molecule has 1 atom stereocenters. The number of epoxide rings is 1. The second-order valence-corrected chi connectivity index (χ2v) is 9.43. The monoisotopic (exact) mass is 450 g/mol. The van der Waals surface area contributed by atoms with Crippen LogP contribution in [-0.2, 0) is 11.2 Å². The third kappa shape index (κ3) is 4.59. The van der Waals surface area contributed by atoms with Gasteiger partial charge in [0, 0.05) is 11.1 Å². The van der Waals surface area contributed by atoms with Crippen molar-refractivity contribution in [3.8, 4) is 11.1 Å². The molecule has 1 aliphatic heterocycles. The van der Waals surface area contributed by atoms with Gasteiger partial charge in [0.1, 0.15) is 11.9 Å². The molecular weight excluding hydrogens is 421 g/mol. The average molecular weight is 451 g/mol. The van der Waals surface area contributed by atoms with Crippen molar-refractivity contribution in [2.45, 2.75) is 63.4 Å². The van der Waals surface area contributed by atoms with Crippen molar-refractivity contribution in [3.05, 3.63) is 94.3 Å². The number of benzene rings is 3. The van der Waals surface area contributed by atoms with Crippen molar-refractivity contribution in [3.63, 3.8) is 0 Å². The zero-order valence-electron chi connectivity index (χ0n) is 18.9. The van der Waals surface area contributed by atoms with Crippen molar-refractivity contribution in [1.82, 2.24) is 0 Å². The Morgan fingerprint density at radius 3 is 2.09 bits per heavy atom. The highest BCUT2D eigenvalue weighted by atomic mass is 19.2. The molecule has 1 saturated carbocycles. The van der Waals surface area contributed by atoms with Gasteiger partial charge in [0.2, 0.25) is 0 Å². The molecule has 1 heterocycles. The maximum Gasteiger partial charge on any atom is 0.166 e. The van der Waals surface area contributed by atoms with E-state index in [2.05, 4.69) is 6.92 Å². The van der Waals surface area contributed by atoms with Crippen molar-refractivity contribution in [1.29, 1.82) is 0 Å². The molecular formula is C29H29F3O. The van der Waals surface area contributed by atoms with Gasteiger partial charge in [-0.15, -0.1) is 0 Å². The van der Waals surface area contributed by atoms with Gasteiger partial charge in [0.15, 0.2) is 11.6 Å². The Bertz CT molecular complexity index is 1130. The first-order chi connectivity index (χ1) is 16.0. The predicted molar refractivity (Wildman–Crippen MR) is 125 cm³/mol. The molecule has 2 aliphatic rings. The standard InChI is InChI=1S/C29H29F3O/c1-2-3-18-4-6-20(7-5-18)23-14-15-24(29(32)28(23)31)21-10-8-19(9-11-21)22-12-13-25(26(30)16-22)27-17-33-27/h4-7,12-16,19,21,27H,2-3,8-11,17H2,1H3. The summed E-state index contributed by atoms with van der Waals surface area (Å²) in [4.78, 5) is 0. The lowest BCUT2D eigenvalue weighted by Gasteiger charge is -2.29. The quantitative estimate of drug-likeness (QED) is 0.345. The van der Waals surface area contributed by atoms with Crippen LogP contribution in [0, 0.1) is 17.5 Å². The van der Waals surface area contributed by atoms with Crippen LogP contribution in [0.4, 0.5) is 13.2 Å². The van der Waals surface area contributed by atoms with Crippen LogP contribution < -0.4 is 0 Å². The summed E-state index contributed by atoms with van der Waals surface area (Å²) in [6, 6.07) is 16.6. The molecule has 3 aromatic rings. The van der Waals surface area contributed by atoms with Crippen molar-refractivity contribution in [2.75, 3.05) is 6.61 Å². The molecule has 0 spiro atoms. The first-order valence-electron chi connectivity index (χ1n) is 12.0. The lowest BCUT2D eigenvalue weighted by Crippen LogP contribution is -2.14. The Labute approximate surface area is 193 Å². The second kappa shape index (κ2) is 9.34. The van der Waals surface area contributed by atoms with Crippen LogP contribution in [0.25, 0.3) is 11.1 Å². The largest absolute Gasteiger partial charge is 0.368 e. The summed E-state index contributed by atoms with van der Waals surface area (Å²) in [6.45, 7) is 2.71. The zero-order valence-corrected chi connectivity index (χ0v) is 18.9. The lowest BCUT2D eigenvalue weighted by molar-refractivity contribution is 0.380. The number of halogens is 3. The van der Waals surface area contributed by atoms with Gasteiger partial charge < -0.3 is 4.74 Å². The smallest absolute Gasteiger partial charge is 0.166 e. The van der Waals surface area contributed by atoms with Gasteiger partial charge in [0.05, 0.1) is 6.61 Å². The fraction of sp³-hybridized carbons (Fsp3) is 0.379. The van der Waals surface area contributed by atoms with E-state index in [1.807, 2.05) is 36.4 Å². The summed E-state index contributed by atoms with van der Waals surface area (Å²) in [5.41, 5.74) is 4.29. The molecule has 4 heteroatoms. The molecule has 0 N–H and O–H groups in total. The van der Waals surface area contributed by atoms with Crippen LogP contribution in [0.5, 0.6) is 0 Å². The van der Waals surface area contributed by atoms with Gasteiger partial charge in [-0.05, 0) is 72.3 Å². The summed E-state index contributed by atoms with van der Waals surface area (Å²) < 4.78 is 49.7. The summed E-state index contributed by atoms with van der Waals surface area (Å²) in [5.74, 6) is -1.46. The summed E-state index contributed by atoms with van der Waals surface area (Å²) in [5, 5.41) is 0. The van der Waals surface area contributed by atoms with E-state index in [0.29, 0.717) is 28.9 Å². The molecule has 0 bridgehead atoms. The molecule has 0 radical (unpaired) electrons. The topological polar surface area (TPSA) is 12.5 Å². The third-order valence-corrected chi connectivity index (χ3v) is 7.26. The average Bonchev–Trinajstić information content (AvgIpc) is 3.67. The Hall–Kier alpha value is -2.59. The molecule has 1 unspecified atom stereocenters. The minimum absolute atomic E-state index is 0.0132. The highest BCUT2D eigenvalue weighted by molar-refractivity contribution is 5.65. The lowest BCUT2D eigenvalue weighted by atomic mass is 9.75. The molecule has 2 fully saturated rings. The molecule has 1 saturated heterocycles. The number of ether oxygens (including phenoxy) is 1. The second-order valence-electron chi connectivity index (χ2n) is 9.43. The highest BCUT2D eigenvalue weighted by Gasteiger charge is 2.30. The SMILES string of the molecule is CCCc1ccc(-c2ccc(C3CCC(c4ccc(C5CO5)c(F)c4)CC3)c(F)c2F)cc1. The maximum absolute atomic E-state index is 15.1. The van der Waals surface area contributed by atoms with Crippen LogP contribution in [-0.4, -0.2) is 6.61 Å². The number of rotatable bonds is 6. The van der Waals surface area contributed by atoms with E-state index in [1.165, 1.54) is 5.56 Å². The molecule has 0 aromatic heterocycles. The summed E-state index contributed by atoms with van der Waals surface area (Å²) in [6.07, 6.45) is 5.14. The van der Waals surface area contributed by atoms with E-state index >= 15 is 8.78 Å². The predicted octanol–water partition coefficient (Wildman–Crippen LogP) is 8.24. The van der Waals surface area contributed by atoms with Crippen molar-refractivity contribution >= 4 is 0 Å². The van der Waals surface area contributed by atoms with Gasteiger partial charge in [-0.25, -0.2) is 13.2 Å². The first kappa shape index (κ1) is 22.2. The van der Waals surface area contributed by atoms with E-state index in [9.17, 15) is 4.39 Å². The fourth-order valence-electron chi connectivity index (χ4n) is 5.27. The van der Waals surface area contributed by atoms with Crippen LogP contribution in [0.3, 0.4) is 0 Å². The molecule has 5 rings (SSSR count). The number of hydrogen-bond donors (Lipinski definition) is 0. The molecule has 0 amide bonds. The van der Waals surface area contributed by atoms with Crippen LogP contribution in [0.2, 0.25) is 0 Å². The van der Waals surface area contributed by atoms with E-state index < -0.39 is 11.6 Å². The van der Waals surface area contributed by atoms with E-state index in [1.54, 1.807) is 18.2 Å². The fourth-order valence-corrected chi connectivity index (χ4v) is 5.27. The Balaban J connectivity index is 1.28. The van der Waals surface area contributed by atoms with Gasteiger partial charge >= 0.3 is 0 Å². The third-order valence-electron chi connectivity index (χ3n) is 7.26. The Morgan fingerprint density at radius 1 is 0.788 bits per heavy atom. The van der Waals surface area contributed by atoms with Crippen LogP contribution in [0.15, 0.2) is 54.6 Å². The summed E-state index contributed by atoms with van der Waals surface area (Å²) in [7, 11) is 0. The molecule has 1 aliphatic carbocycles. The van der Waals surface area contributed by atoms with Crippen molar-refractivity contribution in [2.24, 2.45) is 0 Å². The van der Waals surface area contributed by atoms with Crippen LogP contribution in [0.1, 0.15) is 79.2 Å². The Kier molecular flexibility index (Phi) is 6.29. The van der Waals surface area contributed by atoms with Gasteiger partial charge in [-0.1, -0.05) is 61.9 Å². The maximum atomic E-state index is 15.1. The molecule has 3 aromatic carbocycles. The number of hydrogen-bond acceptors (Lipinski definition) is 1. The van der Waals surface area contributed by atoms with Crippen LogP contribution >= 0.6 is 0 Å². The first-order valence-corrected chi connectivity index (χ1v) is 12.0. The van der Waals surface area contributed by atoms with E-state index in [-0.39, 0.29) is 23.8 Å². The molecule has 1 nitrogen and oxygen atoms in total. The molecule has 172 valence electrons. The Morgan fingerprint density at radius 2 is 1.45 bits per heavy atom. The van der Waals surface area contributed by atoms with Gasteiger partial charge in [0.25, 0.3) is 0 Å². The van der Waals surface area contributed by atoms with Crippen molar-refractivity contribution < 1.29 is 17.9 Å². The minimum Gasteiger partial charge on any atom is -0.368 e. The minimum atomic E-state index is -0.766. The highest BCUT2D eigenvalue weighted by Crippen LogP contribution is 2.43. The molecule has 33 heavy (non-hydrogen) atoms. The van der Waals surface area contributed by atoms with E-state index in [4.69, 9.17) is 4.74 Å². The summed E-state index contributed by atoms with van der Waals surface area (Å²) >= 11 is 0. The van der Waals surface area contributed by atoms with Gasteiger partial charge in [-0.3, -0.25) is 0 Å². The zero-order chi connectivity index (χ0) is 22.9. The number of aryl methyl sites for hydroxylation is 1. The van der Waals surface area contributed by atoms with E-state index in [0.717, 1.165) is 44.1 Å². The van der Waals surface area contributed by atoms with Gasteiger partial charge in [-0.2, -0.15) is 0 Å².